The molecule has 0 saturated heterocycles. The van der Waals surface area contributed by atoms with Crippen LogP contribution in [0.4, 0.5) is 20.3 Å². The molecule has 1 aromatic heterocycles. The van der Waals surface area contributed by atoms with Gasteiger partial charge in [-0.3, -0.25) is 4.79 Å². The Hall–Kier alpha value is -3.22. The number of nitrogens with zero attached hydrogens (tertiary/aromatic N) is 2. The van der Waals surface area contributed by atoms with Gasteiger partial charge in [-0.25, -0.2) is 13.8 Å². The van der Waals surface area contributed by atoms with E-state index >= 15 is 0 Å². The van der Waals surface area contributed by atoms with Gasteiger partial charge in [-0.2, -0.15) is 0 Å². The summed E-state index contributed by atoms with van der Waals surface area (Å²) in [4.78, 5) is 16.9. The molecule has 0 saturated carbocycles. The van der Waals surface area contributed by atoms with Crippen LogP contribution in [-0.2, 0) is 16.9 Å². The highest BCUT2D eigenvalue weighted by Gasteiger charge is 2.36. The zero-order chi connectivity index (χ0) is 20.1. The molecule has 2 aromatic carbocycles. The summed E-state index contributed by atoms with van der Waals surface area (Å²) >= 11 is 0. The van der Waals surface area contributed by atoms with Crippen molar-refractivity contribution in [2.75, 3.05) is 5.32 Å². The number of imidazole rings is 1. The van der Waals surface area contributed by atoms with Gasteiger partial charge < -0.3 is 15.2 Å². The SMILES string of the molecule is Cc1ccc(Nc2c(-c3cccc(F)c3)nc3n2CC(=O)NC3(C)C)cc1F. The Labute approximate surface area is 161 Å². The van der Waals surface area contributed by atoms with Gasteiger partial charge in [0.05, 0.1) is 5.54 Å². The number of rotatable bonds is 3. The number of fused-ring (bicyclic) bond motifs is 1. The Morgan fingerprint density at radius 1 is 1.18 bits per heavy atom. The van der Waals surface area contributed by atoms with Crippen molar-refractivity contribution in [3.63, 3.8) is 0 Å². The first-order chi connectivity index (χ1) is 13.2. The van der Waals surface area contributed by atoms with E-state index in [1.54, 1.807) is 35.8 Å². The number of benzene rings is 2. The topological polar surface area (TPSA) is 59.0 Å². The van der Waals surface area contributed by atoms with Gasteiger partial charge in [0.25, 0.3) is 0 Å². The van der Waals surface area contributed by atoms with Gasteiger partial charge in [0.15, 0.2) is 0 Å². The number of carbonyl (C=O) groups excluding carboxylic acids is 1. The van der Waals surface area contributed by atoms with Crippen LogP contribution in [-0.4, -0.2) is 15.5 Å². The lowest BCUT2D eigenvalue weighted by Crippen LogP contribution is -2.49. The maximum atomic E-state index is 14.0. The predicted octanol–water partition coefficient (Wildman–Crippen LogP) is 4.25. The monoisotopic (exact) mass is 382 g/mol. The summed E-state index contributed by atoms with van der Waals surface area (Å²) < 4.78 is 29.6. The average molecular weight is 382 g/mol. The first kappa shape index (κ1) is 18.2. The summed E-state index contributed by atoms with van der Waals surface area (Å²) in [6.07, 6.45) is 0. The van der Waals surface area contributed by atoms with Gasteiger partial charge in [0.1, 0.15) is 35.5 Å². The van der Waals surface area contributed by atoms with E-state index in [-0.39, 0.29) is 24.1 Å². The third-order valence-corrected chi connectivity index (χ3v) is 4.81. The van der Waals surface area contributed by atoms with Gasteiger partial charge in [-0.05, 0) is 50.6 Å². The van der Waals surface area contributed by atoms with E-state index in [2.05, 4.69) is 10.6 Å². The normalized spacial score (nSPS) is 15.1. The van der Waals surface area contributed by atoms with Crippen LogP contribution in [0.2, 0.25) is 0 Å². The number of carbonyl (C=O) groups is 1. The second-order valence-electron chi connectivity index (χ2n) is 7.49. The lowest BCUT2D eigenvalue weighted by atomic mass is 10.0. The van der Waals surface area contributed by atoms with Gasteiger partial charge >= 0.3 is 0 Å². The van der Waals surface area contributed by atoms with Gasteiger partial charge in [0.2, 0.25) is 5.91 Å². The molecule has 3 aromatic rings. The smallest absolute Gasteiger partial charge is 0.240 e. The zero-order valence-electron chi connectivity index (χ0n) is 15.8. The second-order valence-corrected chi connectivity index (χ2v) is 7.49. The highest BCUT2D eigenvalue weighted by atomic mass is 19.1. The van der Waals surface area contributed by atoms with E-state index in [1.807, 2.05) is 13.8 Å². The minimum Gasteiger partial charge on any atom is -0.342 e. The fraction of sp³-hybridized carbons (Fsp3) is 0.238. The van der Waals surface area contributed by atoms with E-state index in [0.29, 0.717) is 34.2 Å². The van der Waals surface area contributed by atoms with E-state index in [4.69, 9.17) is 4.98 Å². The number of aryl methyl sites for hydroxylation is 1. The molecule has 0 bridgehead atoms. The third kappa shape index (κ3) is 3.13. The fourth-order valence-corrected chi connectivity index (χ4v) is 3.44. The number of halogens is 2. The van der Waals surface area contributed by atoms with Crippen molar-refractivity contribution in [2.24, 2.45) is 0 Å². The van der Waals surface area contributed by atoms with Crippen LogP contribution in [0.5, 0.6) is 0 Å². The molecule has 0 fully saturated rings. The van der Waals surface area contributed by atoms with Crippen molar-refractivity contribution in [3.8, 4) is 11.3 Å². The van der Waals surface area contributed by atoms with Crippen molar-refractivity contribution >= 4 is 17.4 Å². The molecule has 28 heavy (non-hydrogen) atoms. The van der Waals surface area contributed by atoms with Crippen LogP contribution in [0.15, 0.2) is 42.5 Å². The number of hydrogen-bond acceptors (Lipinski definition) is 3. The van der Waals surface area contributed by atoms with Gasteiger partial charge in [-0.1, -0.05) is 18.2 Å². The lowest BCUT2D eigenvalue weighted by Gasteiger charge is -2.31. The molecule has 0 unspecified atom stereocenters. The highest BCUT2D eigenvalue weighted by Crippen LogP contribution is 2.36. The molecule has 7 heteroatoms. The van der Waals surface area contributed by atoms with Crippen LogP contribution in [0.1, 0.15) is 25.2 Å². The molecule has 0 spiro atoms. The summed E-state index contributed by atoms with van der Waals surface area (Å²) in [5.74, 6) is 0.282. The average Bonchev–Trinajstić information content (AvgIpc) is 2.97. The molecule has 0 aliphatic carbocycles. The van der Waals surface area contributed by atoms with Crippen molar-refractivity contribution < 1.29 is 13.6 Å². The second kappa shape index (κ2) is 6.44. The molecule has 2 heterocycles. The van der Waals surface area contributed by atoms with Crippen LogP contribution < -0.4 is 10.6 Å². The molecule has 1 aliphatic heterocycles. The maximum absolute atomic E-state index is 14.0. The number of aromatic nitrogens is 2. The van der Waals surface area contributed by atoms with E-state index in [9.17, 15) is 13.6 Å². The number of amides is 1. The predicted molar refractivity (Wildman–Crippen MR) is 103 cm³/mol. The molecule has 144 valence electrons. The molecule has 1 aliphatic rings. The minimum absolute atomic E-state index is 0.0672. The molecule has 0 radical (unpaired) electrons. The highest BCUT2D eigenvalue weighted by molar-refractivity contribution is 5.83. The van der Waals surface area contributed by atoms with Crippen molar-refractivity contribution in [2.45, 2.75) is 32.9 Å². The van der Waals surface area contributed by atoms with E-state index in [0.717, 1.165) is 0 Å². The Bertz CT molecular complexity index is 1090. The van der Waals surface area contributed by atoms with E-state index in [1.165, 1.54) is 18.2 Å². The van der Waals surface area contributed by atoms with Crippen LogP contribution in [0.3, 0.4) is 0 Å². The number of nitrogens with one attached hydrogen (secondary N) is 2. The molecular formula is C21H20F2N4O. The largest absolute Gasteiger partial charge is 0.342 e. The number of hydrogen-bond donors (Lipinski definition) is 2. The fourth-order valence-electron chi connectivity index (χ4n) is 3.44. The quantitative estimate of drug-likeness (QED) is 0.712. The molecule has 4 rings (SSSR count). The minimum atomic E-state index is -0.699. The van der Waals surface area contributed by atoms with Crippen molar-refractivity contribution in [3.05, 3.63) is 65.5 Å². The standard InChI is InChI=1S/C21H20F2N4O/c1-12-7-8-15(10-16(12)23)24-19-18(13-5-4-6-14(22)9-13)25-20-21(2,3)26-17(28)11-27(19)20/h4-10,24H,11H2,1-3H3,(H,26,28). The summed E-state index contributed by atoms with van der Waals surface area (Å²) in [7, 11) is 0. The first-order valence-electron chi connectivity index (χ1n) is 8.96. The Morgan fingerprint density at radius 2 is 1.96 bits per heavy atom. The molecule has 2 N–H and O–H groups in total. The molecular weight excluding hydrogens is 362 g/mol. The number of anilines is 2. The molecule has 1 amide bonds. The van der Waals surface area contributed by atoms with Crippen LogP contribution in [0.25, 0.3) is 11.3 Å². The van der Waals surface area contributed by atoms with E-state index < -0.39 is 5.54 Å². The van der Waals surface area contributed by atoms with Crippen LogP contribution >= 0.6 is 0 Å². The third-order valence-electron chi connectivity index (χ3n) is 4.81. The van der Waals surface area contributed by atoms with Gasteiger partial charge in [-0.15, -0.1) is 0 Å². The molecule has 0 atom stereocenters. The Kier molecular flexibility index (Phi) is 4.18. The van der Waals surface area contributed by atoms with Gasteiger partial charge in [0, 0.05) is 11.3 Å². The summed E-state index contributed by atoms with van der Waals surface area (Å²) in [5, 5.41) is 6.09. The Morgan fingerprint density at radius 3 is 2.68 bits per heavy atom. The molecule has 5 nitrogen and oxygen atoms in total. The van der Waals surface area contributed by atoms with Crippen LogP contribution in [0, 0.1) is 18.6 Å². The lowest BCUT2D eigenvalue weighted by molar-refractivity contribution is -0.124. The summed E-state index contributed by atoms with van der Waals surface area (Å²) in [5.41, 5.74) is 1.43. The Balaban J connectivity index is 1.90. The maximum Gasteiger partial charge on any atom is 0.240 e. The summed E-state index contributed by atoms with van der Waals surface area (Å²) in [6, 6.07) is 10.9. The first-order valence-corrected chi connectivity index (χ1v) is 8.96. The summed E-state index contributed by atoms with van der Waals surface area (Å²) in [6.45, 7) is 5.46. The zero-order valence-corrected chi connectivity index (χ0v) is 15.8. The van der Waals surface area contributed by atoms with Crippen molar-refractivity contribution in [1.82, 2.24) is 14.9 Å². The van der Waals surface area contributed by atoms with Crippen molar-refractivity contribution in [1.29, 1.82) is 0 Å².